The normalized spacial score (nSPS) is 10.1. The van der Waals surface area contributed by atoms with Crippen LogP contribution in [0.2, 0.25) is 0 Å². The summed E-state index contributed by atoms with van der Waals surface area (Å²) < 4.78 is 21.0. The molecule has 0 amide bonds. The smallest absolute Gasteiger partial charge is 0.258 e. The Balaban J connectivity index is 3.21. The van der Waals surface area contributed by atoms with E-state index < -0.39 is 24.7 Å². The Morgan fingerprint density at radius 3 is 2.50 bits per heavy atom. The molecule has 1 aromatic rings. The van der Waals surface area contributed by atoms with Gasteiger partial charge < -0.3 is 0 Å². The van der Waals surface area contributed by atoms with E-state index in [9.17, 15) is 16.3 Å². The maximum atomic E-state index is 10.5. The molecule has 0 heterocycles. The lowest BCUT2D eigenvalue weighted by atomic mass is 10.3. The first-order valence-corrected chi connectivity index (χ1v) is 5.75. The Bertz CT molecular complexity index is 377. The number of hydrogen-bond acceptors (Lipinski definition) is 4. The molecule has 0 aliphatic carbocycles. The highest BCUT2D eigenvalue weighted by Gasteiger charge is 2.07. The van der Waals surface area contributed by atoms with Gasteiger partial charge in [-0.05, 0) is 6.07 Å². The Kier molecular flexibility index (Phi) is 2.69. The lowest BCUT2D eigenvalue weighted by Gasteiger charge is -1.89. The zero-order chi connectivity index (χ0) is 9.14. The van der Waals surface area contributed by atoms with Crippen LogP contribution in [0.15, 0.2) is 24.3 Å². The first-order valence-electron chi connectivity index (χ1n) is 2.91. The maximum Gasteiger partial charge on any atom is 0.341 e. The summed E-state index contributed by atoms with van der Waals surface area (Å²) in [5.74, 6) is 0. The molecule has 0 N–H and O–H groups in total. The number of rotatable bonds is 2. The van der Waals surface area contributed by atoms with Crippen LogP contribution in [-0.4, -0.2) is 4.92 Å². The third-order valence-electron chi connectivity index (χ3n) is 1.20. The van der Waals surface area contributed by atoms with E-state index in [1.807, 2.05) is 0 Å². The van der Waals surface area contributed by atoms with Gasteiger partial charge in [0.1, 0.15) is 0 Å². The number of non-ortho nitro benzene ring substituents is 1. The highest BCUT2D eigenvalue weighted by Crippen LogP contribution is 2.21. The summed E-state index contributed by atoms with van der Waals surface area (Å²) in [5, 5.41) is 10.2. The number of halogens is 1. The van der Waals surface area contributed by atoms with Gasteiger partial charge in [0.25, 0.3) is 5.69 Å². The monoisotopic (exact) mass is 281 g/mol. The van der Waals surface area contributed by atoms with E-state index in [2.05, 4.69) is 0 Å². The van der Waals surface area contributed by atoms with E-state index in [1.54, 1.807) is 0 Å². The third kappa shape index (κ3) is 1.97. The number of nitrogens with zero attached hydrogens (tertiary/aromatic N) is 1. The summed E-state index contributed by atoms with van der Waals surface area (Å²) in [5.41, 5.74) is -0.193. The summed E-state index contributed by atoms with van der Waals surface area (Å²) in [4.78, 5) is 9.57. The largest absolute Gasteiger partial charge is 0.341 e. The fourth-order valence-electron chi connectivity index (χ4n) is 0.686. The van der Waals surface area contributed by atoms with Gasteiger partial charge in [-0.2, -0.15) is 0 Å². The van der Waals surface area contributed by atoms with Crippen LogP contribution in [0.1, 0.15) is 0 Å². The van der Waals surface area contributed by atoms with E-state index in [0.29, 0.717) is 0 Å². The number of nitro groups is 1. The molecule has 0 unspecified atom stereocenters. The first-order chi connectivity index (χ1) is 5.61. The first kappa shape index (κ1) is 9.04. The van der Waals surface area contributed by atoms with Crippen molar-refractivity contribution in [2.24, 2.45) is 0 Å². The van der Waals surface area contributed by atoms with E-state index in [4.69, 9.17) is 0 Å². The molecule has 0 bridgehead atoms. The summed E-state index contributed by atoms with van der Waals surface area (Å²) in [7, 11) is 0. The Labute approximate surface area is 74.7 Å². The van der Waals surface area contributed by atoms with Crippen molar-refractivity contribution in [2.45, 2.75) is 0 Å². The molecule has 0 aliphatic heterocycles. The molecular formula is C6H4INO4. The molecule has 5 nitrogen and oxygen atoms in total. The second-order valence-corrected chi connectivity index (χ2v) is 4.44. The molecule has 64 valence electrons. The molecule has 12 heavy (non-hydrogen) atoms. The molecule has 0 aromatic heterocycles. The molecule has 0 atom stereocenters. The zero-order valence-electron chi connectivity index (χ0n) is 5.77. The van der Waals surface area contributed by atoms with Crippen LogP contribution >= 0.6 is 19.8 Å². The summed E-state index contributed by atoms with van der Waals surface area (Å²) in [6, 6.07) is 5.01. The summed E-state index contributed by atoms with van der Waals surface area (Å²) in [6.07, 6.45) is 0. The fraction of sp³-hybridized carbons (Fsp3) is 0. The van der Waals surface area contributed by atoms with Crippen molar-refractivity contribution < 1.29 is 11.1 Å². The predicted molar refractivity (Wildman–Crippen MR) is 47.2 cm³/mol. The molecule has 1 aromatic carbocycles. The van der Waals surface area contributed by atoms with E-state index in [1.165, 1.54) is 18.2 Å². The molecule has 1 rings (SSSR count). The minimum Gasteiger partial charge on any atom is -0.258 e. The van der Waals surface area contributed by atoms with Gasteiger partial charge in [-0.1, -0.05) is 6.07 Å². The van der Waals surface area contributed by atoms with E-state index >= 15 is 0 Å². The van der Waals surface area contributed by atoms with Crippen molar-refractivity contribution in [1.82, 2.24) is 0 Å². The molecule has 0 radical (unpaired) electrons. The van der Waals surface area contributed by atoms with Crippen LogP contribution in [-0.2, 0) is 6.14 Å². The summed E-state index contributed by atoms with van der Waals surface area (Å²) in [6.45, 7) is 0. The van der Waals surface area contributed by atoms with Crippen molar-refractivity contribution in [3.63, 3.8) is 0 Å². The second kappa shape index (κ2) is 3.57. The molecule has 0 saturated heterocycles. The Hall–Kier alpha value is -1.05. The summed E-state index contributed by atoms with van der Waals surface area (Å²) >= 11 is -3.56. The highest BCUT2D eigenvalue weighted by molar-refractivity contribution is 14.2. The quantitative estimate of drug-likeness (QED) is 0.471. The molecule has 6 heteroatoms. The number of nitro benzene ring substituents is 1. The van der Waals surface area contributed by atoms with Crippen molar-refractivity contribution in [3.05, 3.63) is 37.9 Å². The zero-order valence-corrected chi connectivity index (χ0v) is 7.93. The highest BCUT2D eigenvalue weighted by atomic mass is 127. The molecule has 0 spiro atoms. The topological polar surface area (TPSA) is 77.3 Å². The third-order valence-corrected chi connectivity index (χ3v) is 2.89. The molecule has 0 saturated carbocycles. The molecular weight excluding hydrogens is 277 g/mol. The maximum absolute atomic E-state index is 10.5. The standard InChI is InChI=1S/C6H4INO4/c9-7(10)5-2-1-3-6(4-5)8(11)12/h1-4H. The van der Waals surface area contributed by atoms with Crippen molar-refractivity contribution in [1.29, 1.82) is 0 Å². The van der Waals surface area contributed by atoms with Crippen LogP contribution in [0.3, 0.4) is 0 Å². The van der Waals surface area contributed by atoms with E-state index in [0.717, 1.165) is 6.07 Å². The lowest BCUT2D eigenvalue weighted by molar-refractivity contribution is -0.384. The van der Waals surface area contributed by atoms with E-state index in [-0.39, 0.29) is 9.26 Å². The average molecular weight is 281 g/mol. The fourth-order valence-corrected chi connectivity index (χ4v) is 1.76. The SMILES string of the molecule is O=[N+]([O-])c1cccc(I(=O)=O)c1. The van der Waals surface area contributed by atoms with Gasteiger partial charge in [-0.15, -0.1) is 0 Å². The van der Waals surface area contributed by atoms with Gasteiger partial charge in [0, 0.05) is 12.1 Å². The van der Waals surface area contributed by atoms with Crippen LogP contribution in [0.4, 0.5) is 5.69 Å². The minimum atomic E-state index is -3.56. The predicted octanol–water partition coefficient (Wildman–Crippen LogP) is 1.96. The van der Waals surface area contributed by atoms with Gasteiger partial charge in [-0.25, -0.2) is 6.14 Å². The molecule has 0 aliphatic rings. The molecule has 0 fully saturated rings. The number of hydrogen-bond donors (Lipinski definition) is 0. The van der Waals surface area contributed by atoms with Crippen molar-refractivity contribution >= 4 is 25.5 Å². The second-order valence-electron chi connectivity index (χ2n) is 1.95. The van der Waals surface area contributed by atoms with Crippen LogP contribution in [0.5, 0.6) is 0 Å². The van der Waals surface area contributed by atoms with Crippen molar-refractivity contribution in [3.8, 4) is 0 Å². The van der Waals surface area contributed by atoms with Crippen molar-refractivity contribution in [2.75, 3.05) is 0 Å². The van der Waals surface area contributed by atoms with Crippen LogP contribution in [0.25, 0.3) is 0 Å². The van der Waals surface area contributed by atoms with Crippen LogP contribution in [0, 0.1) is 13.7 Å². The van der Waals surface area contributed by atoms with Crippen LogP contribution < -0.4 is 0 Å². The lowest BCUT2D eigenvalue weighted by Crippen LogP contribution is -1.87. The van der Waals surface area contributed by atoms with Gasteiger partial charge in [0.2, 0.25) is 0 Å². The van der Waals surface area contributed by atoms with Gasteiger partial charge in [0.05, 0.1) is 8.49 Å². The van der Waals surface area contributed by atoms with Gasteiger partial charge in [-0.3, -0.25) is 10.1 Å². The Morgan fingerprint density at radius 2 is 2.00 bits per heavy atom. The van der Waals surface area contributed by atoms with Gasteiger partial charge in [0.15, 0.2) is 0 Å². The van der Waals surface area contributed by atoms with Gasteiger partial charge >= 0.3 is 19.8 Å². The Morgan fingerprint density at radius 1 is 1.33 bits per heavy atom. The average Bonchev–Trinajstić information content (AvgIpc) is 2.04. The number of benzene rings is 1. The minimum absolute atomic E-state index is 0.0494.